The van der Waals surface area contributed by atoms with Crippen molar-refractivity contribution in [3.05, 3.63) is 11.8 Å². The third-order valence-corrected chi connectivity index (χ3v) is 3.73. The van der Waals surface area contributed by atoms with Crippen LogP contribution in [0.4, 0.5) is 83.4 Å². The van der Waals surface area contributed by atoms with E-state index in [4.69, 9.17) is 0 Å². The second-order valence-electron chi connectivity index (χ2n) is 5.68. The molecule has 2 unspecified atom stereocenters. The molecule has 0 amide bonds. The predicted octanol–water partition coefficient (Wildman–Crippen LogP) is 6.50. The highest BCUT2D eigenvalue weighted by molar-refractivity contribution is 5.22. The van der Waals surface area contributed by atoms with Crippen molar-refractivity contribution >= 4 is 0 Å². The van der Waals surface area contributed by atoms with Crippen molar-refractivity contribution in [2.75, 3.05) is 0 Å². The molecule has 0 fully saturated rings. The van der Waals surface area contributed by atoms with Crippen LogP contribution in [0.25, 0.3) is 0 Å². The van der Waals surface area contributed by atoms with Gasteiger partial charge in [-0.05, 0) is 0 Å². The van der Waals surface area contributed by atoms with E-state index in [1.807, 2.05) is 0 Å². The van der Waals surface area contributed by atoms with E-state index in [1.165, 1.54) is 0 Å². The van der Waals surface area contributed by atoms with Crippen LogP contribution < -0.4 is 0 Å². The molecule has 0 bridgehead atoms. The predicted molar refractivity (Wildman–Crippen MR) is 54.8 cm³/mol. The molecule has 0 aromatic rings. The molecule has 1 heterocycles. The summed E-state index contributed by atoms with van der Waals surface area (Å²) in [7, 11) is 0. The zero-order valence-electron chi connectivity index (χ0n) is 13.2. The van der Waals surface area contributed by atoms with Crippen LogP contribution in [0.5, 0.6) is 0 Å². The van der Waals surface area contributed by atoms with E-state index in [0.717, 1.165) is 0 Å². The van der Waals surface area contributed by atoms with Gasteiger partial charge in [0.05, 0.1) is 0 Å². The summed E-state index contributed by atoms with van der Waals surface area (Å²) in [6.45, 7) is 0. The first kappa shape index (κ1) is 27.2. The highest BCUT2D eigenvalue weighted by Crippen LogP contribution is 2.65. The zero-order chi connectivity index (χ0) is 25.4. The normalized spacial score (nSPS) is 25.2. The Morgan fingerprint density at radius 2 is 0.903 bits per heavy atom. The Kier molecular flexibility index (Phi) is 5.81. The molecule has 2 atom stereocenters. The minimum Gasteiger partial charge on any atom is -0.422 e. The maximum atomic E-state index is 13.7. The minimum absolute atomic E-state index is 2.31. The number of ether oxygens (including phenoxy) is 1. The Morgan fingerprint density at radius 3 is 1.19 bits per heavy atom. The van der Waals surface area contributed by atoms with Gasteiger partial charge in [0.15, 0.2) is 0 Å². The van der Waals surface area contributed by atoms with Gasteiger partial charge in [-0.3, -0.25) is 0 Å². The summed E-state index contributed by atoms with van der Waals surface area (Å²) >= 11 is 0. The number of rotatable bonds is 6. The molecule has 0 N–H and O–H groups in total. The molecule has 1 rings (SSSR count). The first-order valence-electron chi connectivity index (χ1n) is 6.61. The van der Waals surface area contributed by atoms with Gasteiger partial charge in [0, 0.05) is 0 Å². The second kappa shape index (κ2) is 6.61. The van der Waals surface area contributed by atoms with Crippen LogP contribution >= 0.6 is 0 Å². The molecular weight excluding hydrogens is 509 g/mol. The van der Waals surface area contributed by atoms with Crippen LogP contribution in [0.1, 0.15) is 0 Å². The summed E-state index contributed by atoms with van der Waals surface area (Å²) in [5.41, 5.74) is 0. The first-order valence-corrected chi connectivity index (χ1v) is 6.61. The lowest BCUT2D eigenvalue weighted by Gasteiger charge is -2.43. The zero-order valence-corrected chi connectivity index (χ0v) is 13.2. The number of hydrogen-bond acceptors (Lipinski definition) is 1. The van der Waals surface area contributed by atoms with Crippen molar-refractivity contribution in [2.45, 2.75) is 53.7 Å². The molecule has 0 aliphatic carbocycles. The Morgan fingerprint density at radius 1 is 0.581 bits per heavy atom. The largest absolute Gasteiger partial charge is 0.460 e. The Balaban J connectivity index is 3.67. The van der Waals surface area contributed by atoms with Crippen LogP contribution in [0.15, 0.2) is 11.8 Å². The van der Waals surface area contributed by atoms with Gasteiger partial charge in [0.25, 0.3) is 0 Å². The van der Waals surface area contributed by atoms with E-state index < -0.39 is 65.6 Å². The van der Waals surface area contributed by atoms with Crippen LogP contribution in [-0.2, 0) is 4.74 Å². The van der Waals surface area contributed by atoms with E-state index in [1.54, 1.807) is 0 Å². The van der Waals surface area contributed by atoms with Gasteiger partial charge < -0.3 is 4.74 Å². The van der Waals surface area contributed by atoms with Crippen LogP contribution in [0, 0.1) is 0 Å². The van der Waals surface area contributed by atoms with Gasteiger partial charge in [-0.25, -0.2) is 8.78 Å². The molecule has 0 aromatic carbocycles. The first-order chi connectivity index (χ1) is 13.2. The van der Waals surface area contributed by atoms with Crippen LogP contribution in [-0.4, -0.2) is 53.7 Å². The van der Waals surface area contributed by atoms with E-state index in [2.05, 4.69) is 4.74 Å². The Bertz CT molecular complexity index is 746. The number of halogens is 19. The summed E-state index contributed by atoms with van der Waals surface area (Å²) in [5.74, 6) is -61.2. The fourth-order valence-corrected chi connectivity index (χ4v) is 1.90. The van der Waals surface area contributed by atoms with Gasteiger partial charge >= 0.3 is 53.6 Å². The summed E-state index contributed by atoms with van der Waals surface area (Å²) in [5, 5.41) is 0. The van der Waals surface area contributed by atoms with Crippen LogP contribution in [0.2, 0.25) is 0 Å². The number of hydrogen-bond donors (Lipinski definition) is 0. The fraction of sp³-hybridized carbons (Fsp3) is 0.818. The lowest BCUT2D eigenvalue weighted by Crippen LogP contribution is -2.75. The summed E-state index contributed by atoms with van der Waals surface area (Å²) < 4.78 is 248. The van der Waals surface area contributed by atoms with Gasteiger partial charge in [0.1, 0.15) is 0 Å². The second-order valence-corrected chi connectivity index (χ2v) is 5.68. The lowest BCUT2D eigenvalue weighted by molar-refractivity contribution is -0.466. The van der Waals surface area contributed by atoms with Gasteiger partial charge in [-0.1, -0.05) is 0 Å². The molecule has 184 valence electrons. The smallest absolute Gasteiger partial charge is 0.422 e. The maximum absolute atomic E-state index is 13.7. The topological polar surface area (TPSA) is 9.23 Å². The lowest BCUT2D eigenvalue weighted by atomic mass is 9.87. The molecule has 1 aliphatic heterocycles. The summed E-state index contributed by atoms with van der Waals surface area (Å²) in [6, 6.07) is -3.46. The molecule has 0 aromatic heterocycles. The van der Waals surface area contributed by atoms with E-state index in [-0.39, 0.29) is 0 Å². The van der Waals surface area contributed by atoms with Crippen molar-refractivity contribution < 1.29 is 88.2 Å². The maximum Gasteiger partial charge on any atom is 0.460 e. The molecule has 31 heavy (non-hydrogen) atoms. The molecule has 1 nitrogen and oxygen atoms in total. The van der Waals surface area contributed by atoms with Crippen molar-refractivity contribution in [2.24, 2.45) is 0 Å². The summed E-state index contributed by atoms with van der Waals surface area (Å²) in [6.07, 6.45) is -13.0. The van der Waals surface area contributed by atoms with Crippen LogP contribution in [0.3, 0.4) is 0 Å². The van der Waals surface area contributed by atoms with Crippen molar-refractivity contribution in [3.8, 4) is 0 Å². The molecule has 0 radical (unpaired) electrons. The van der Waals surface area contributed by atoms with E-state index >= 15 is 0 Å². The molecule has 1 aliphatic rings. The van der Waals surface area contributed by atoms with E-state index in [0.29, 0.717) is 0 Å². The highest BCUT2D eigenvalue weighted by Gasteiger charge is 2.96. The highest BCUT2D eigenvalue weighted by atomic mass is 19.4. The fourth-order valence-electron chi connectivity index (χ4n) is 1.90. The SMILES string of the molecule is FC1=C(F)C(F)C(F)(C(F)(F)C(F)(F)C(F)(F)C(F)(F)C(F)(F)C(F)(F)C(F)(F)F)O1. The van der Waals surface area contributed by atoms with Crippen molar-refractivity contribution in [3.63, 3.8) is 0 Å². The van der Waals surface area contributed by atoms with Gasteiger partial charge in [-0.15, -0.1) is 0 Å². The van der Waals surface area contributed by atoms with E-state index in [9.17, 15) is 83.4 Å². The Hall–Kier alpha value is -1.79. The monoisotopic (exact) mass is 510 g/mol. The molecule has 0 saturated carbocycles. The quantitative estimate of drug-likeness (QED) is 0.371. The van der Waals surface area contributed by atoms with Gasteiger partial charge in [0.2, 0.25) is 12.0 Å². The molecule has 20 heteroatoms. The molecule has 0 saturated heterocycles. The third-order valence-electron chi connectivity index (χ3n) is 3.73. The average molecular weight is 510 g/mol. The third kappa shape index (κ3) is 3.01. The minimum atomic E-state index is -8.78. The van der Waals surface area contributed by atoms with Crippen molar-refractivity contribution in [1.82, 2.24) is 0 Å². The summed E-state index contributed by atoms with van der Waals surface area (Å²) in [4.78, 5) is 0. The number of alkyl halides is 17. The Labute approximate surface area is 155 Å². The molecular formula is C11HF19O. The van der Waals surface area contributed by atoms with Gasteiger partial charge in [-0.2, -0.15) is 74.6 Å². The molecule has 0 spiro atoms. The van der Waals surface area contributed by atoms with Crippen molar-refractivity contribution in [1.29, 1.82) is 0 Å². The average Bonchev–Trinajstić information content (AvgIpc) is 2.77. The standard InChI is InChI=1S/C11HF19O/c12-1-2(13)4(15,31-3(1)14)5(16,17)6(18,19)7(20,21)8(22,23)9(24,25)10(26,27)11(28,29)30/h2H.